The molecule has 1 aliphatic rings. The number of piperazine rings is 1. The van der Waals surface area contributed by atoms with Gasteiger partial charge < -0.3 is 9.80 Å². The van der Waals surface area contributed by atoms with Crippen LogP contribution in [0.25, 0.3) is 10.4 Å². The number of thiazole rings is 1. The van der Waals surface area contributed by atoms with Crippen LogP contribution in [0.4, 0.5) is 5.13 Å². The van der Waals surface area contributed by atoms with E-state index in [9.17, 15) is 4.79 Å². The fraction of sp³-hybridized carbons (Fsp3) is 0.444. The topological polar surface area (TPSA) is 36.4 Å². The van der Waals surface area contributed by atoms with E-state index in [1.54, 1.807) is 11.3 Å². The van der Waals surface area contributed by atoms with Crippen molar-refractivity contribution in [3.8, 4) is 10.4 Å². The fourth-order valence-electron chi connectivity index (χ4n) is 2.72. The van der Waals surface area contributed by atoms with Gasteiger partial charge in [0.25, 0.3) is 0 Å². The molecule has 0 N–H and O–H groups in total. The standard InChI is InChI=1S/C18H23N3OS/c1-18(2,3)16(22)20-9-11-21(12-10-20)17-19-13-15(23-17)14-7-5-4-6-8-14/h4-8,13H,9-12H2,1-3H3. The summed E-state index contributed by atoms with van der Waals surface area (Å²) in [5.74, 6) is 0.237. The molecule has 0 spiro atoms. The lowest BCUT2D eigenvalue weighted by molar-refractivity contribution is -0.139. The Morgan fingerprint density at radius 2 is 1.74 bits per heavy atom. The monoisotopic (exact) mass is 329 g/mol. The quantitative estimate of drug-likeness (QED) is 0.846. The maximum atomic E-state index is 12.3. The molecule has 1 saturated heterocycles. The molecule has 2 heterocycles. The van der Waals surface area contributed by atoms with Gasteiger partial charge in [0.05, 0.1) is 4.88 Å². The van der Waals surface area contributed by atoms with Crippen molar-refractivity contribution in [1.29, 1.82) is 0 Å². The molecule has 0 unspecified atom stereocenters. The summed E-state index contributed by atoms with van der Waals surface area (Å²) in [5.41, 5.74) is 0.905. The molecule has 0 atom stereocenters. The van der Waals surface area contributed by atoms with Gasteiger partial charge in [0.2, 0.25) is 5.91 Å². The number of hydrogen-bond donors (Lipinski definition) is 0. The zero-order valence-corrected chi connectivity index (χ0v) is 14.8. The van der Waals surface area contributed by atoms with Crippen LogP contribution in [0.2, 0.25) is 0 Å². The van der Waals surface area contributed by atoms with Crippen LogP contribution in [0, 0.1) is 5.41 Å². The minimum Gasteiger partial charge on any atom is -0.345 e. The Labute approximate surface area is 141 Å². The highest BCUT2D eigenvalue weighted by Crippen LogP contribution is 2.31. The Bertz CT molecular complexity index is 667. The third-order valence-corrected chi connectivity index (χ3v) is 5.14. The van der Waals surface area contributed by atoms with Gasteiger partial charge in [0.15, 0.2) is 5.13 Å². The van der Waals surface area contributed by atoms with Crippen LogP contribution < -0.4 is 4.90 Å². The molecule has 2 aromatic rings. The van der Waals surface area contributed by atoms with E-state index in [-0.39, 0.29) is 11.3 Å². The van der Waals surface area contributed by atoms with Gasteiger partial charge in [-0.15, -0.1) is 0 Å². The third-order valence-electron chi connectivity index (χ3n) is 4.03. The average Bonchev–Trinajstić information content (AvgIpc) is 3.04. The molecule has 3 rings (SSSR count). The molecule has 0 aliphatic carbocycles. The Kier molecular flexibility index (Phi) is 4.39. The molecule has 1 fully saturated rings. The average molecular weight is 329 g/mol. The van der Waals surface area contributed by atoms with E-state index in [1.807, 2.05) is 50.1 Å². The summed E-state index contributed by atoms with van der Waals surface area (Å²) < 4.78 is 0. The first-order valence-corrected chi connectivity index (χ1v) is 8.82. The highest BCUT2D eigenvalue weighted by Gasteiger charge is 2.30. The summed E-state index contributed by atoms with van der Waals surface area (Å²) in [4.78, 5) is 22.4. The van der Waals surface area contributed by atoms with Crippen LogP contribution in [0.5, 0.6) is 0 Å². The maximum absolute atomic E-state index is 12.3. The molecular formula is C18H23N3OS. The second-order valence-corrected chi connectivity index (χ2v) is 7.91. The first-order chi connectivity index (χ1) is 10.9. The molecule has 0 saturated carbocycles. The van der Waals surface area contributed by atoms with Gasteiger partial charge in [-0.1, -0.05) is 62.4 Å². The number of carbonyl (C=O) groups excluding carboxylic acids is 1. The Morgan fingerprint density at radius 3 is 2.35 bits per heavy atom. The summed E-state index contributed by atoms with van der Waals surface area (Å²) in [6, 6.07) is 10.3. The van der Waals surface area contributed by atoms with E-state index >= 15 is 0 Å². The summed E-state index contributed by atoms with van der Waals surface area (Å²) in [5, 5.41) is 1.05. The van der Waals surface area contributed by atoms with Crippen molar-refractivity contribution in [2.24, 2.45) is 5.41 Å². The highest BCUT2D eigenvalue weighted by molar-refractivity contribution is 7.18. The number of carbonyl (C=O) groups is 1. The Balaban J connectivity index is 1.65. The fourth-order valence-corrected chi connectivity index (χ4v) is 3.70. The Hall–Kier alpha value is -1.88. The minimum atomic E-state index is -0.302. The van der Waals surface area contributed by atoms with Gasteiger partial charge in [-0.2, -0.15) is 0 Å². The van der Waals surface area contributed by atoms with Crippen molar-refractivity contribution in [3.05, 3.63) is 36.5 Å². The first kappa shape index (κ1) is 16.0. The summed E-state index contributed by atoms with van der Waals surface area (Å²) in [6.07, 6.45) is 1.95. The van der Waals surface area contributed by atoms with Crippen LogP contribution in [0.1, 0.15) is 20.8 Å². The van der Waals surface area contributed by atoms with E-state index in [2.05, 4.69) is 22.0 Å². The SMILES string of the molecule is CC(C)(C)C(=O)N1CCN(c2ncc(-c3ccccc3)s2)CC1. The summed E-state index contributed by atoms with van der Waals surface area (Å²) in [7, 11) is 0. The highest BCUT2D eigenvalue weighted by atomic mass is 32.1. The molecular weight excluding hydrogens is 306 g/mol. The Morgan fingerprint density at radius 1 is 1.09 bits per heavy atom. The predicted octanol–water partition coefficient (Wildman–Crippen LogP) is 3.50. The maximum Gasteiger partial charge on any atom is 0.228 e. The van der Waals surface area contributed by atoms with E-state index in [4.69, 9.17) is 0 Å². The number of benzene rings is 1. The van der Waals surface area contributed by atoms with Gasteiger partial charge in [0.1, 0.15) is 0 Å². The molecule has 4 nitrogen and oxygen atoms in total. The van der Waals surface area contributed by atoms with Gasteiger partial charge in [-0.3, -0.25) is 4.79 Å². The van der Waals surface area contributed by atoms with Crippen molar-refractivity contribution < 1.29 is 4.79 Å². The summed E-state index contributed by atoms with van der Waals surface area (Å²) >= 11 is 1.72. The second-order valence-electron chi connectivity index (χ2n) is 6.90. The van der Waals surface area contributed by atoms with Crippen molar-refractivity contribution in [3.63, 3.8) is 0 Å². The molecule has 0 bridgehead atoms. The van der Waals surface area contributed by atoms with Crippen molar-refractivity contribution in [1.82, 2.24) is 9.88 Å². The predicted molar refractivity (Wildman–Crippen MR) is 95.8 cm³/mol. The van der Waals surface area contributed by atoms with Crippen LogP contribution >= 0.6 is 11.3 Å². The van der Waals surface area contributed by atoms with E-state index in [0.29, 0.717) is 0 Å². The molecule has 23 heavy (non-hydrogen) atoms. The van der Waals surface area contributed by atoms with Crippen LogP contribution in [0.15, 0.2) is 36.5 Å². The van der Waals surface area contributed by atoms with Crippen molar-refractivity contribution in [2.45, 2.75) is 20.8 Å². The smallest absolute Gasteiger partial charge is 0.228 e. The number of hydrogen-bond acceptors (Lipinski definition) is 4. The summed E-state index contributed by atoms with van der Waals surface area (Å²) in [6.45, 7) is 9.19. The van der Waals surface area contributed by atoms with Crippen LogP contribution in [0.3, 0.4) is 0 Å². The van der Waals surface area contributed by atoms with E-state index in [1.165, 1.54) is 10.4 Å². The van der Waals surface area contributed by atoms with Gasteiger partial charge in [-0.05, 0) is 5.56 Å². The van der Waals surface area contributed by atoms with Crippen LogP contribution in [-0.4, -0.2) is 42.0 Å². The van der Waals surface area contributed by atoms with Crippen molar-refractivity contribution >= 4 is 22.4 Å². The lowest BCUT2D eigenvalue weighted by atomic mass is 9.94. The number of nitrogens with zero attached hydrogens (tertiary/aromatic N) is 3. The third kappa shape index (κ3) is 3.55. The van der Waals surface area contributed by atoms with Crippen molar-refractivity contribution in [2.75, 3.05) is 31.1 Å². The van der Waals surface area contributed by atoms with Gasteiger partial charge in [0, 0.05) is 37.8 Å². The molecule has 1 aromatic heterocycles. The number of anilines is 1. The number of rotatable bonds is 2. The minimum absolute atomic E-state index is 0.237. The van der Waals surface area contributed by atoms with Crippen LogP contribution in [-0.2, 0) is 4.79 Å². The van der Waals surface area contributed by atoms with E-state index in [0.717, 1.165) is 31.3 Å². The number of amides is 1. The zero-order valence-electron chi connectivity index (χ0n) is 14.0. The molecule has 1 aromatic carbocycles. The molecule has 1 aliphatic heterocycles. The first-order valence-electron chi connectivity index (χ1n) is 8.01. The van der Waals surface area contributed by atoms with Gasteiger partial charge >= 0.3 is 0 Å². The largest absolute Gasteiger partial charge is 0.345 e. The molecule has 0 radical (unpaired) electrons. The lowest BCUT2D eigenvalue weighted by Crippen LogP contribution is -2.51. The molecule has 1 amide bonds. The van der Waals surface area contributed by atoms with E-state index < -0.39 is 0 Å². The zero-order chi connectivity index (χ0) is 16.4. The lowest BCUT2D eigenvalue weighted by Gasteiger charge is -2.37. The second kappa shape index (κ2) is 6.32. The molecule has 122 valence electrons. The number of aromatic nitrogens is 1. The molecule has 5 heteroatoms. The normalized spacial score (nSPS) is 15.8. The van der Waals surface area contributed by atoms with Gasteiger partial charge in [-0.25, -0.2) is 4.98 Å².